The summed E-state index contributed by atoms with van der Waals surface area (Å²) in [6, 6.07) is 13.4. The molecule has 0 amide bonds. The number of benzene rings is 2. The number of hydrogen-bond acceptors (Lipinski definition) is 3. The van der Waals surface area contributed by atoms with Gasteiger partial charge in [-0.3, -0.25) is 0 Å². The first-order chi connectivity index (χ1) is 11.6. The number of anilines is 1. The Morgan fingerprint density at radius 1 is 1.17 bits per heavy atom. The van der Waals surface area contributed by atoms with Crippen LogP contribution in [0.25, 0.3) is 0 Å². The second kappa shape index (κ2) is 9.99. The van der Waals surface area contributed by atoms with E-state index in [0.29, 0.717) is 15.9 Å². The van der Waals surface area contributed by atoms with E-state index in [1.807, 2.05) is 42.1 Å². The van der Waals surface area contributed by atoms with Crippen LogP contribution < -0.4 is 15.4 Å². The highest BCUT2D eigenvalue weighted by molar-refractivity contribution is 7.98. The molecule has 0 saturated carbocycles. The van der Waals surface area contributed by atoms with Crippen molar-refractivity contribution in [2.75, 3.05) is 24.7 Å². The fourth-order valence-corrected chi connectivity index (χ4v) is 3.35. The van der Waals surface area contributed by atoms with E-state index in [1.165, 1.54) is 5.56 Å². The molecule has 0 aliphatic heterocycles. The quantitative estimate of drug-likeness (QED) is 0.491. The molecule has 2 aromatic carbocycles. The summed E-state index contributed by atoms with van der Waals surface area (Å²) in [5, 5.41) is 8.17. The maximum atomic E-state index is 6.09. The van der Waals surface area contributed by atoms with E-state index in [1.54, 1.807) is 19.2 Å². The summed E-state index contributed by atoms with van der Waals surface area (Å²) in [7, 11) is 1.59. The second-order valence-electron chi connectivity index (χ2n) is 4.91. The number of rotatable bonds is 7. The van der Waals surface area contributed by atoms with Crippen molar-refractivity contribution in [1.82, 2.24) is 5.32 Å². The van der Waals surface area contributed by atoms with Crippen LogP contribution in [-0.4, -0.2) is 24.5 Å². The summed E-state index contributed by atoms with van der Waals surface area (Å²) in [6.45, 7) is 0.786. The fraction of sp³-hybridized carbons (Fsp3) is 0.235. The van der Waals surface area contributed by atoms with Gasteiger partial charge in [0.1, 0.15) is 5.75 Å². The molecule has 128 valence electrons. The van der Waals surface area contributed by atoms with Crippen molar-refractivity contribution < 1.29 is 4.74 Å². The first kappa shape index (κ1) is 19.2. The second-order valence-corrected chi connectivity index (χ2v) is 7.27. The highest BCUT2D eigenvalue weighted by Gasteiger charge is 2.03. The maximum absolute atomic E-state index is 6.09. The van der Waals surface area contributed by atoms with E-state index < -0.39 is 0 Å². The van der Waals surface area contributed by atoms with Crippen LogP contribution in [-0.2, 0) is 5.75 Å². The zero-order valence-corrected chi connectivity index (χ0v) is 16.3. The third-order valence-electron chi connectivity index (χ3n) is 3.12. The Labute approximate surface area is 162 Å². The van der Waals surface area contributed by atoms with Gasteiger partial charge in [-0.15, -0.1) is 0 Å². The van der Waals surface area contributed by atoms with Crippen molar-refractivity contribution >= 4 is 58.0 Å². The average molecular weight is 401 g/mol. The van der Waals surface area contributed by atoms with Gasteiger partial charge in [0.25, 0.3) is 0 Å². The lowest BCUT2D eigenvalue weighted by molar-refractivity contribution is 0.415. The smallest absolute Gasteiger partial charge is 0.170 e. The standard InChI is InChI=1S/C17H18Cl2N2OS2/c1-22-16-7-6-14(10-15(16)19)21-17(23)20-8-9-24-11-12-2-4-13(18)5-3-12/h2-7,10H,8-9,11H2,1H3,(H2,20,21,23). The monoisotopic (exact) mass is 400 g/mol. The predicted octanol–water partition coefficient (Wildman–Crippen LogP) is 5.22. The van der Waals surface area contributed by atoms with Crippen LogP contribution in [0.15, 0.2) is 42.5 Å². The number of nitrogens with one attached hydrogen (secondary N) is 2. The normalized spacial score (nSPS) is 10.3. The largest absolute Gasteiger partial charge is 0.495 e. The molecule has 24 heavy (non-hydrogen) atoms. The summed E-state index contributed by atoms with van der Waals surface area (Å²) >= 11 is 19.1. The van der Waals surface area contributed by atoms with Crippen LogP contribution in [0.2, 0.25) is 10.0 Å². The lowest BCUT2D eigenvalue weighted by Gasteiger charge is -2.11. The lowest BCUT2D eigenvalue weighted by atomic mass is 10.2. The topological polar surface area (TPSA) is 33.3 Å². The number of thiocarbonyl (C=S) groups is 1. The molecular weight excluding hydrogens is 383 g/mol. The molecule has 0 aromatic heterocycles. The Kier molecular flexibility index (Phi) is 7.99. The number of ether oxygens (including phenoxy) is 1. The minimum atomic E-state index is 0.545. The van der Waals surface area contributed by atoms with E-state index in [-0.39, 0.29) is 0 Å². The summed E-state index contributed by atoms with van der Waals surface area (Å²) in [5.74, 6) is 2.54. The van der Waals surface area contributed by atoms with Gasteiger partial charge in [-0.1, -0.05) is 35.3 Å². The van der Waals surface area contributed by atoms with Crippen molar-refractivity contribution in [3.8, 4) is 5.75 Å². The van der Waals surface area contributed by atoms with Crippen molar-refractivity contribution in [2.45, 2.75) is 5.75 Å². The fourth-order valence-electron chi connectivity index (χ4n) is 1.93. The molecule has 0 aliphatic carbocycles. The molecule has 0 saturated heterocycles. The molecule has 0 unspecified atom stereocenters. The summed E-state index contributed by atoms with van der Waals surface area (Å²) < 4.78 is 5.12. The summed E-state index contributed by atoms with van der Waals surface area (Å²) in [5.41, 5.74) is 2.09. The van der Waals surface area contributed by atoms with Crippen molar-refractivity contribution in [1.29, 1.82) is 0 Å². The zero-order valence-electron chi connectivity index (χ0n) is 13.1. The Bertz CT molecular complexity index is 681. The van der Waals surface area contributed by atoms with E-state index >= 15 is 0 Å². The zero-order chi connectivity index (χ0) is 17.4. The summed E-state index contributed by atoms with van der Waals surface area (Å²) in [4.78, 5) is 0. The highest BCUT2D eigenvalue weighted by Crippen LogP contribution is 2.27. The molecule has 0 bridgehead atoms. The van der Waals surface area contributed by atoms with Crippen molar-refractivity contribution in [3.63, 3.8) is 0 Å². The molecule has 2 N–H and O–H groups in total. The van der Waals surface area contributed by atoms with Gasteiger partial charge in [-0.25, -0.2) is 0 Å². The van der Waals surface area contributed by atoms with Gasteiger partial charge in [0.05, 0.1) is 12.1 Å². The molecule has 0 radical (unpaired) electrons. The summed E-state index contributed by atoms with van der Waals surface area (Å²) in [6.07, 6.45) is 0. The first-order valence-corrected chi connectivity index (χ1v) is 9.61. The number of halogens is 2. The molecular formula is C17H18Cl2N2OS2. The van der Waals surface area contributed by atoms with E-state index in [0.717, 1.165) is 28.8 Å². The molecule has 3 nitrogen and oxygen atoms in total. The number of hydrogen-bond donors (Lipinski definition) is 2. The van der Waals surface area contributed by atoms with Gasteiger partial charge >= 0.3 is 0 Å². The third kappa shape index (κ3) is 6.40. The number of thioether (sulfide) groups is 1. The Hall–Kier alpha value is -1.14. The van der Waals surface area contributed by atoms with Crippen LogP contribution in [0.4, 0.5) is 5.69 Å². The molecule has 0 heterocycles. The van der Waals surface area contributed by atoms with Crippen LogP contribution >= 0.6 is 47.2 Å². The van der Waals surface area contributed by atoms with Crippen molar-refractivity contribution in [2.24, 2.45) is 0 Å². The van der Waals surface area contributed by atoms with Gasteiger partial charge in [0.15, 0.2) is 5.11 Å². The van der Waals surface area contributed by atoms with Crippen LogP contribution in [0, 0.1) is 0 Å². The Balaban J connectivity index is 1.66. The van der Waals surface area contributed by atoms with Crippen molar-refractivity contribution in [3.05, 3.63) is 58.1 Å². The van der Waals surface area contributed by atoms with E-state index in [2.05, 4.69) is 10.6 Å². The van der Waals surface area contributed by atoms with Crippen LogP contribution in [0.1, 0.15) is 5.56 Å². The molecule has 0 atom stereocenters. The van der Waals surface area contributed by atoms with E-state index in [9.17, 15) is 0 Å². The van der Waals surface area contributed by atoms with Gasteiger partial charge in [0, 0.05) is 28.8 Å². The Morgan fingerprint density at radius 2 is 1.92 bits per heavy atom. The van der Waals surface area contributed by atoms with Gasteiger partial charge in [-0.2, -0.15) is 11.8 Å². The maximum Gasteiger partial charge on any atom is 0.170 e. The first-order valence-electron chi connectivity index (χ1n) is 7.29. The highest BCUT2D eigenvalue weighted by atomic mass is 35.5. The molecule has 0 fully saturated rings. The average Bonchev–Trinajstić information content (AvgIpc) is 2.56. The molecule has 2 aromatic rings. The van der Waals surface area contributed by atoms with Crippen LogP contribution in [0.5, 0.6) is 5.75 Å². The van der Waals surface area contributed by atoms with E-state index in [4.69, 9.17) is 40.2 Å². The molecule has 0 aliphatic rings. The Morgan fingerprint density at radius 3 is 2.58 bits per heavy atom. The van der Waals surface area contributed by atoms with Gasteiger partial charge < -0.3 is 15.4 Å². The predicted molar refractivity (Wildman–Crippen MR) is 110 cm³/mol. The van der Waals surface area contributed by atoms with Gasteiger partial charge in [0.2, 0.25) is 0 Å². The minimum Gasteiger partial charge on any atom is -0.495 e. The SMILES string of the molecule is COc1ccc(NC(=S)NCCSCc2ccc(Cl)cc2)cc1Cl. The molecule has 2 rings (SSSR count). The number of methoxy groups -OCH3 is 1. The van der Waals surface area contributed by atoms with Gasteiger partial charge in [-0.05, 0) is 48.1 Å². The minimum absolute atomic E-state index is 0.545. The van der Waals surface area contributed by atoms with Crippen LogP contribution in [0.3, 0.4) is 0 Å². The molecule has 0 spiro atoms. The molecule has 7 heteroatoms. The third-order valence-corrected chi connectivity index (χ3v) is 4.95. The lowest BCUT2D eigenvalue weighted by Crippen LogP contribution is -2.30.